The molecule has 31 heavy (non-hydrogen) atoms. The number of benzene rings is 1. The van der Waals surface area contributed by atoms with Crippen molar-refractivity contribution < 1.29 is 41.0 Å². The molecular weight excluding hydrogens is 431 g/mol. The van der Waals surface area contributed by atoms with E-state index in [1.54, 1.807) is 4.98 Å². The highest BCUT2D eigenvalue weighted by Gasteiger charge is 2.73. The van der Waals surface area contributed by atoms with E-state index in [2.05, 4.69) is 0 Å². The first kappa shape index (κ1) is 21.2. The zero-order valence-corrected chi connectivity index (χ0v) is 15.5. The van der Waals surface area contributed by atoms with Crippen molar-refractivity contribution >= 4 is 5.91 Å². The Labute approximate surface area is 170 Å². The number of hydrogen-bond acceptors (Lipinski definition) is 5. The molecule has 1 aliphatic heterocycles. The Kier molecular flexibility index (Phi) is 5.01. The zero-order chi connectivity index (χ0) is 22.6. The van der Waals surface area contributed by atoms with Crippen molar-refractivity contribution in [1.82, 2.24) is 4.98 Å². The number of primary amides is 1. The van der Waals surface area contributed by atoms with Crippen LogP contribution in [0.15, 0.2) is 35.1 Å². The highest BCUT2D eigenvalue weighted by atomic mass is 19.4. The SMILES string of the molecule is NC(=O)c1cc(-c2ccc(OC[C@H]3CO[C@H]4[C@@H](O3)C4(F)F)cc2)c(C(F)(F)F)[nH]c1=O. The fraction of sp³-hybridized carbons (Fsp3) is 0.368. The van der Waals surface area contributed by atoms with E-state index < -0.39 is 58.7 Å². The first-order chi connectivity index (χ1) is 14.5. The van der Waals surface area contributed by atoms with Gasteiger partial charge in [0.25, 0.3) is 11.5 Å². The molecule has 1 aromatic heterocycles. The number of aromatic nitrogens is 1. The first-order valence-corrected chi connectivity index (χ1v) is 9.01. The number of H-pyrrole nitrogens is 1. The molecule has 2 heterocycles. The monoisotopic (exact) mass is 446 g/mol. The standard InChI is InChI=1S/C19H15F5N2O5/c20-18(21)14-15(18)31-10(7-30-14)6-29-9-3-1-8(2-4-9)11-5-12(16(25)27)17(28)26-13(11)19(22,23)24/h1-5,10,14-15H,6-7H2,(H2,25,27)(H,26,28)/t10-,14-,15+/m0/s1. The maximum atomic E-state index is 13.4. The molecule has 1 aliphatic carbocycles. The predicted molar refractivity (Wildman–Crippen MR) is 94.9 cm³/mol. The number of carbonyl (C=O) groups excluding carboxylic acids is 1. The van der Waals surface area contributed by atoms with Crippen LogP contribution in [0.3, 0.4) is 0 Å². The van der Waals surface area contributed by atoms with Gasteiger partial charge in [-0.1, -0.05) is 12.1 Å². The molecule has 1 saturated heterocycles. The maximum Gasteiger partial charge on any atom is 0.431 e. The Balaban J connectivity index is 1.51. The normalized spacial score (nSPS) is 24.4. The Bertz CT molecular complexity index is 1070. The number of carbonyl (C=O) groups is 1. The lowest BCUT2D eigenvalue weighted by Gasteiger charge is -2.21. The van der Waals surface area contributed by atoms with Crippen molar-refractivity contribution in [2.45, 2.75) is 30.4 Å². The van der Waals surface area contributed by atoms with E-state index in [0.29, 0.717) is 0 Å². The summed E-state index contributed by atoms with van der Waals surface area (Å²) < 4.78 is 82.2. The smallest absolute Gasteiger partial charge is 0.431 e. The molecule has 3 atom stereocenters. The van der Waals surface area contributed by atoms with Crippen LogP contribution in [0, 0.1) is 0 Å². The number of pyridine rings is 1. The number of nitrogens with one attached hydrogen (secondary N) is 1. The third kappa shape index (κ3) is 4.00. The van der Waals surface area contributed by atoms with Gasteiger partial charge in [0.15, 0.2) is 12.2 Å². The largest absolute Gasteiger partial charge is 0.491 e. The molecule has 12 heteroatoms. The third-order valence-corrected chi connectivity index (χ3v) is 4.92. The van der Waals surface area contributed by atoms with Crippen LogP contribution in [-0.4, -0.2) is 48.3 Å². The quantitative estimate of drug-likeness (QED) is 0.687. The molecule has 1 aromatic carbocycles. The van der Waals surface area contributed by atoms with Gasteiger partial charge in [-0.3, -0.25) is 9.59 Å². The van der Waals surface area contributed by atoms with E-state index in [4.69, 9.17) is 19.9 Å². The van der Waals surface area contributed by atoms with Gasteiger partial charge in [-0.05, 0) is 23.8 Å². The lowest BCUT2D eigenvalue weighted by Crippen LogP contribution is -2.33. The van der Waals surface area contributed by atoms with E-state index >= 15 is 0 Å². The molecule has 4 rings (SSSR count). The molecule has 2 aromatic rings. The maximum absolute atomic E-state index is 13.4. The van der Waals surface area contributed by atoms with Crippen LogP contribution >= 0.6 is 0 Å². The second-order valence-electron chi connectivity index (χ2n) is 7.11. The van der Waals surface area contributed by atoms with Gasteiger partial charge in [-0.25, -0.2) is 8.78 Å². The van der Waals surface area contributed by atoms with Crippen molar-refractivity contribution in [1.29, 1.82) is 0 Å². The fourth-order valence-electron chi connectivity index (χ4n) is 3.26. The van der Waals surface area contributed by atoms with E-state index in [-0.39, 0.29) is 24.5 Å². The number of alkyl halides is 5. The minimum absolute atomic E-state index is 0.0381. The van der Waals surface area contributed by atoms with Gasteiger partial charge in [-0.15, -0.1) is 0 Å². The van der Waals surface area contributed by atoms with Gasteiger partial charge < -0.3 is 24.9 Å². The van der Waals surface area contributed by atoms with Crippen LogP contribution in [0.4, 0.5) is 22.0 Å². The molecule has 0 unspecified atom stereocenters. The van der Waals surface area contributed by atoms with Gasteiger partial charge in [0, 0.05) is 5.56 Å². The number of rotatable bonds is 5. The number of ether oxygens (including phenoxy) is 3. The second-order valence-corrected chi connectivity index (χ2v) is 7.11. The van der Waals surface area contributed by atoms with Crippen LogP contribution in [0.5, 0.6) is 5.75 Å². The summed E-state index contributed by atoms with van der Waals surface area (Å²) in [6.07, 6.45) is -8.13. The molecule has 166 valence electrons. The molecule has 1 amide bonds. The second kappa shape index (κ2) is 7.31. The Morgan fingerprint density at radius 2 is 1.90 bits per heavy atom. The number of halogens is 5. The van der Waals surface area contributed by atoms with E-state index in [1.807, 2.05) is 0 Å². The number of hydrogen-bond donors (Lipinski definition) is 2. The van der Waals surface area contributed by atoms with Crippen molar-refractivity contribution in [3.63, 3.8) is 0 Å². The van der Waals surface area contributed by atoms with Crippen LogP contribution in [0.2, 0.25) is 0 Å². The summed E-state index contributed by atoms with van der Waals surface area (Å²) in [5.74, 6) is -3.94. The van der Waals surface area contributed by atoms with Crippen molar-refractivity contribution in [3.05, 3.63) is 51.9 Å². The van der Waals surface area contributed by atoms with Crippen LogP contribution < -0.4 is 16.0 Å². The zero-order valence-electron chi connectivity index (χ0n) is 15.5. The topological polar surface area (TPSA) is 104 Å². The molecule has 0 spiro atoms. The lowest BCUT2D eigenvalue weighted by molar-refractivity contribution is -0.140. The van der Waals surface area contributed by atoms with Crippen LogP contribution in [0.1, 0.15) is 16.1 Å². The molecular formula is C19H15F5N2O5. The fourth-order valence-corrected chi connectivity index (χ4v) is 3.26. The van der Waals surface area contributed by atoms with Crippen LogP contribution in [-0.2, 0) is 15.7 Å². The molecule has 2 aliphatic rings. The average Bonchev–Trinajstić information content (AvgIpc) is 3.26. The molecule has 3 N–H and O–H groups in total. The molecule has 0 radical (unpaired) electrons. The highest BCUT2D eigenvalue weighted by molar-refractivity contribution is 5.94. The Hall–Kier alpha value is -2.99. The summed E-state index contributed by atoms with van der Waals surface area (Å²) in [6.45, 7) is -0.173. The summed E-state index contributed by atoms with van der Waals surface area (Å²) in [6, 6.07) is 6.05. The third-order valence-electron chi connectivity index (χ3n) is 4.92. The van der Waals surface area contributed by atoms with Gasteiger partial charge in [0.1, 0.15) is 29.7 Å². The van der Waals surface area contributed by atoms with Crippen molar-refractivity contribution in [2.24, 2.45) is 5.73 Å². The first-order valence-electron chi connectivity index (χ1n) is 9.01. The van der Waals surface area contributed by atoms with Gasteiger partial charge in [0.05, 0.1) is 6.61 Å². The van der Waals surface area contributed by atoms with Crippen molar-refractivity contribution in [3.8, 4) is 16.9 Å². The molecule has 7 nitrogen and oxygen atoms in total. The van der Waals surface area contributed by atoms with Gasteiger partial charge in [0.2, 0.25) is 0 Å². The van der Waals surface area contributed by atoms with Crippen molar-refractivity contribution in [2.75, 3.05) is 13.2 Å². The summed E-state index contributed by atoms with van der Waals surface area (Å²) in [5, 5.41) is 0. The Morgan fingerprint density at radius 3 is 2.48 bits per heavy atom. The molecule has 0 bridgehead atoms. The number of fused-ring (bicyclic) bond motifs is 1. The van der Waals surface area contributed by atoms with Gasteiger partial charge >= 0.3 is 12.1 Å². The van der Waals surface area contributed by atoms with E-state index in [9.17, 15) is 31.5 Å². The predicted octanol–water partition coefficient (Wildman–Crippen LogP) is 2.34. The number of amides is 1. The van der Waals surface area contributed by atoms with Gasteiger partial charge in [-0.2, -0.15) is 13.2 Å². The van der Waals surface area contributed by atoms with E-state index in [0.717, 1.165) is 6.07 Å². The summed E-state index contributed by atoms with van der Waals surface area (Å²) in [5.41, 5.74) is 1.45. The number of nitrogens with two attached hydrogens (primary N) is 1. The lowest BCUT2D eigenvalue weighted by atomic mass is 10.0. The minimum Gasteiger partial charge on any atom is -0.491 e. The molecule has 2 fully saturated rings. The minimum atomic E-state index is -4.89. The van der Waals surface area contributed by atoms with Crippen LogP contribution in [0.25, 0.3) is 11.1 Å². The summed E-state index contributed by atoms with van der Waals surface area (Å²) in [4.78, 5) is 24.7. The Morgan fingerprint density at radius 1 is 1.23 bits per heavy atom. The number of aromatic amines is 1. The molecule has 1 saturated carbocycles. The summed E-state index contributed by atoms with van der Waals surface area (Å²) >= 11 is 0. The average molecular weight is 446 g/mol. The highest BCUT2D eigenvalue weighted by Crippen LogP contribution is 2.49. The van der Waals surface area contributed by atoms with E-state index in [1.165, 1.54) is 24.3 Å². The summed E-state index contributed by atoms with van der Waals surface area (Å²) in [7, 11) is 0.